The maximum absolute atomic E-state index is 13.5. The van der Waals surface area contributed by atoms with Crippen LogP contribution in [-0.2, 0) is 28.4 Å². The summed E-state index contributed by atoms with van der Waals surface area (Å²) >= 11 is 0. The summed E-state index contributed by atoms with van der Waals surface area (Å²) in [4.78, 5) is 113. The van der Waals surface area contributed by atoms with Crippen molar-refractivity contribution in [3.8, 4) is 17.2 Å². The highest BCUT2D eigenvalue weighted by molar-refractivity contribution is 6.05. The molecule has 3 amide bonds. The van der Waals surface area contributed by atoms with E-state index < -0.39 is 53.5 Å². The Hall–Kier alpha value is -8.49. The van der Waals surface area contributed by atoms with E-state index in [9.17, 15) is 43.2 Å². The van der Waals surface area contributed by atoms with Crippen molar-refractivity contribution in [3.63, 3.8) is 0 Å². The lowest BCUT2D eigenvalue weighted by Crippen LogP contribution is -2.32. The van der Waals surface area contributed by atoms with E-state index in [1.54, 1.807) is 0 Å². The molecule has 4 aromatic carbocycles. The summed E-state index contributed by atoms with van der Waals surface area (Å²) in [7, 11) is 7.00. The topological polar surface area (TPSA) is 273 Å². The summed E-state index contributed by atoms with van der Waals surface area (Å²) in [5.41, 5.74) is -0.237. The number of esters is 6. The summed E-state index contributed by atoms with van der Waals surface area (Å²) in [6.45, 7) is -0.824. The zero-order valence-corrected chi connectivity index (χ0v) is 36.5. The molecule has 66 heavy (non-hydrogen) atoms. The number of carbonyl (C=O) groups is 9. The fraction of sp³-hybridized carbons (Fsp3) is 0.267. The van der Waals surface area contributed by atoms with Gasteiger partial charge in [-0.05, 0) is 72.8 Å². The largest absolute Gasteiger partial charge is 0.492 e. The van der Waals surface area contributed by atoms with Gasteiger partial charge < -0.3 is 58.6 Å². The highest BCUT2D eigenvalue weighted by Gasteiger charge is 2.20. The summed E-state index contributed by atoms with van der Waals surface area (Å²) in [6, 6.07) is 15.5. The number of carbonyl (C=O) groups excluding carboxylic acids is 9. The molecule has 0 aliphatic rings. The molecule has 348 valence electrons. The molecule has 3 N–H and O–H groups in total. The van der Waals surface area contributed by atoms with Crippen LogP contribution in [-0.4, -0.2) is 136 Å². The third-order valence-corrected chi connectivity index (χ3v) is 8.93. The van der Waals surface area contributed by atoms with Crippen molar-refractivity contribution >= 4 is 53.5 Å². The third-order valence-electron chi connectivity index (χ3n) is 8.93. The van der Waals surface area contributed by atoms with Crippen molar-refractivity contribution in [1.29, 1.82) is 0 Å². The molecule has 0 spiro atoms. The monoisotopic (exact) mass is 915 g/mol. The fourth-order valence-corrected chi connectivity index (χ4v) is 5.79. The average Bonchev–Trinajstić information content (AvgIpc) is 3.35. The standard InChI is InChI=1S/C45H45N3O18/c1-58-40(52)28-16-29(41(53)59-2)20-34(19-28)64-10-7-46-37(49)25-13-26(38(50)47-8-11-65-35-21-30(42(54)60-3)17-31(22-35)43(55)61-4)15-27(14-25)39(51)48-9-12-66-36-23-32(44(56)62-5)18-33(24-36)45(57)63-6/h13-24H,7-12H2,1-6H3,(H,46,49)(H,47,50)(H,48,51). The highest BCUT2D eigenvalue weighted by Crippen LogP contribution is 2.22. The number of methoxy groups -OCH3 is 6. The number of nitrogens with one attached hydrogen (secondary N) is 3. The van der Waals surface area contributed by atoms with E-state index in [2.05, 4.69) is 16.0 Å². The van der Waals surface area contributed by atoms with Crippen LogP contribution in [0.15, 0.2) is 72.8 Å². The number of hydrogen-bond acceptors (Lipinski definition) is 18. The van der Waals surface area contributed by atoms with Crippen LogP contribution >= 0.6 is 0 Å². The molecule has 0 radical (unpaired) electrons. The Morgan fingerprint density at radius 2 is 0.485 bits per heavy atom. The van der Waals surface area contributed by atoms with Gasteiger partial charge in [0, 0.05) is 16.7 Å². The van der Waals surface area contributed by atoms with Gasteiger partial charge in [-0.2, -0.15) is 0 Å². The van der Waals surface area contributed by atoms with E-state index in [0.717, 1.165) is 0 Å². The number of hydrogen-bond donors (Lipinski definition) is 3. The van der Waals surface area contributed by atoms with Crippen molar-refractivity contribution in [2.24, 2.45) is 0 Å². The van der Waals surface area contributed by atoms with E-state index in [1.165, 1.54) is 115 Å². The molecule has 21 heteroatoms. The molecule has 21 nitrogen and oxygen atoms in total. The van der Waals surface area contributed by atoms with Gasteiger partial charge in [0.1, 0.15) is 37.1 Å². The van der Waals surface area contributed by atoms with Crippen molar-refractivity contribution < 1.29 is 85.8 Å². The minimum atomic E-state index is -0.734. The number of amides is 3. The summed E-state index contributed by atoms with van der Waals surface area (Å²) in [6.07, 6.45) is 0. The molecule has 0 heterocycles. The van der Waals surface area contributed by atoms with Gasteiger partial charge in [0.2, 0.25) is 0 Å². The van der Waals surface area contributed by atoms with Crippen molar-refractivity contribution in [1.82, 2.24) is 16.0 Å². The lowest BCUT2D eigenvalue weighted by molar-refractivity contribution is 0.0580. The van der Waals surface area contributed by atoms with Gasteiger partial charge in [0.05, 0.1) is 95.7 Å². The van der Waals surface area contributed by atoms with Crippen LogP contribution in [0.5, 0.6) is 17.2 Å². The quantitative estimate of drug-likeness (QED) is 0.0616. The van der Waals surface area contributed by atoms with Gasteiger partial charge in [0.15, 0.2) is 0 Å². The molecule has 4 aromatic rings. The van der Waals surface area contributed by atoms with Crippen LogP contribution in [0.3, 0.4) is 0 Å². The van der Waals surface area contributed by atoms with Crippen LogP contribution in [0, 0.1) is 0 Å². The molecule has 0 aromatic heterocycles. The maximum Gasteiger partial charge on any atom is 0.338 e. The molecule has 0 bridgehead atoms. The van der Waals surface area contributed by atoms with Gasteiger partial charge in [-0.15, -0.1) is 0 Å². The number of rotatable bonds is 21. The van der Waals surface area contributed by atoms with Crippen molar-refractivity contribution in [2.75, 3.05) is 82.1 Å². The summed E-state index contributed by atoms with van der Waals surface area (Å²) < 4.78 is 45.5. The Morgan fingerprint density at radius 3 is 0.667 bits per heavy atom. The van der Waals surface area contributed by atoms with Gasteiger partial charge >= 0.3 is 35.8 Å². The first-order valence-corrected chi connectivity index (χ1v) is 19.5. The van der Waals surface area contributed by atoms with Gasteiger partial charge in [-0.3, -0.25) is 14.4 Å². The molecule has 0 saturated heterocycles. The van der Waals surface area contributed by atoms with Crippen LogP contribution in [0.4, 0.5) is 0 Å². The molecule has 4 rings (SSSR count). The molecule has 0 unspecified atom stereocenters. The molecule has 0 saturated carbocycles. The Labute approximate surface area is 376 Å². The Kier molecular flexibility index (Phi) is 18.5. The number of ether oxygens (including phenoxy) is 9. The predicted octanol–water partition coefficient (Wildman–Crippen LogP) is 2.83. The van der Waals surface area contributed by atoms with E-state index >= 15 is 0 Å². The van der Waals surface area contributed by atoms with E-state index in [0.29, 0.717) is 0 Å². The second kappa shape index (κ2) is 24.4. The first-order chi connectivity index (χ1) is 31.6. The molecule has 0 aliphatic heterocycles. The fourth-order valence-electron chi connectivity index (χ4n) is 5.79. The Morgan fingerprint density at radius 1 is 0.303 bits per heavy atom. The van der Waals surface area contributed by atoms with Crippen LogP contribution < -0.4 is 30.2 Å². The molecule has 0 fully saturated rings. The predicted molar refractivity (Wildman–Crippen MR) is 227 cm³/mol. The minimum absolute atomic E-state index is 0.0133. The third kappa shape index (κ3) is 14.0. The van der Waals surface area contributed by atoms with Gasteiger partial charge in [-0.1, -0.05) is 0 Å². The SMILES string of the molecule is COC(=O)c1cc(OCCNC(=O)c2cc(C(=O)NCCOc3cc(C(=O)OC)cc(C(=O)OC)c3)cc(C(=O)NCCOc3cc(C(=O)OC)cc(C(=O)OC)c3)c2)cc(C(=O)OC)c1. The first kappa shape index (κ1) is 50.2. The zero-order valence-electron chi connectivity index (χ0n) is 36.5. The Balaban J connectivity index is 1.49. The van der Waals surface area contributed by atoms with Crippen LogP contribution in [0.2, 0.25) is 0 Å². The molecular weight excluding hydrogens is 870 g/mol. The zero-order chi connectivity index (χ0) is 48.3. The summed E-state index contributed by atoms with van der Waals surface area (Å²) in [5, 5.41) is 7.87. The lowest BCUT2D eigenvalue weighted by atomic mass is 10.0. The first-order valence-electron chi connectivity index (χ1n) is 19.5. The van der Waals surface area contributed by atoms with E-state index in [4.69, 9.17) is 42.6 Å². The molecule has 0 aliphatic carbocycles. The minimum Gasteiger partial charge on any atom is -0.492 e. The molecular formula is C45H45N3O18. The lowest BCUT2D eigenvalue weighted by Gasteiger charge is -2.13. The van der Waals surface area contributed by atoms with Crippen molar-refractivity contribution in [2.45, 2.75) is 0 Å². The van der Waals surface area contributed by atoms with Gasteiger partial charge in [-0.25, -0.2) is 28.8 Å². The van der Waals surface area contributed by atoms with E-state index in [1.807, 2.05) is 0 Å². The Bertz CT molecular complexity index is 2120. The van der Waals surface area contributed by atoms with E-state index in [-0.39, 0.29) is 107 Å². The molecule has 0 atom stereocenters. The second-order valence-corrected chi connectivity index (χ2v) is 13.3. The smallest absolute Gasteiger partial charge is 0.338 e. The summed E-state index contributed by atoms with van der Waals surface area (Å²) in [5.74, 6) is -6.27. The maximum atomic E-state index is 13.5. The normalized spacial score (nSPS) is 10.3. The number of benzene rings is 4. The van der Waals surface area contributed by atoms with Crippen LogP contribution in [0.25, 0.3) is 0 Å². The van der Waals surface area contributed by atoms with Crippen LogP contribution in [0.1, 0.15) is 93.2 Å². The highest BCUT2D eigenvalue weighted by atomic mass is 16.5. The van der Waals surface area contributed by atoms with Gasteiger partial charge in [0.25, 0.3) is 17.7 Å². The second-order valence-electron chi connectivity index (χ2n) is 13.3. The average molecular weight is 916 g/mol. The van der Waals surface area contributed by atoms with Crippen molar-refractivity contribution in [3.05, 3.63) is 123 Å².